The van der Waals surface area contributed by atoms with Crippen molar-refractivity contribution < 1.29 is 18.7 Å². The molecule has 3 aliphatic rings. The van der Waals surface area contributed by atoms with E-state index in [9.17, 15) is 14.0 Å². The van der Waals surface area contributed by atoms with E-state index in [-0.39, 0.29) is 29.6 Å². The maximum absolute atomic E-state index is 13.7. The molecule has 2 amide bonds. The lowest BCUT2D eigenvalue weighted by Crippen LogP contribution is -2.37. The van der Waals surface area contributed by atoms with Gasteiger partial charge < -0.3 is 19.9 Å². The number of likely N-dealkylation sites (tertiary alicyclic amines) is 2. The van der Waals surface area contributed by atoms with E-state index in [1.54, 1.807) is 0 Å². The number of benzene rings is 2. The summed E-state index contributed by atoms with van der Waals surface area (Å²) in [5, 5.41) is 3.28. The fraction of sp³-hybridized carbons (Fsp3) is 0.517. The summed E-state index contributed by atoms with van der Waals surface area (Å²) in [6.45, 7) is 9.10. The zero-order chi connectivity index (χ0) is 25.2. The van der Waals surface area contributed by atoms with Crippen LogP contribution in [0, 0.1) is 37.4 Å². The van der Waals surface area contributed by atoms with E-state index in [0.29, 0.717) is 41.7 Å². The van der Waals surface area contributed by atoms with Crippen LogP contribution in [0.2, 0.25) is 0 Å². The molecule has 7 heteroatoms. The molecule has 0 bridgehead atoms. The molecule has 3 unspecified atom stereocenters. The van der Waals surface area contributed by atoms with Gasteiger partial charge in [-0.05, 0) is 67.3 Å². The molecule has 0 saturated carbocycles. The van der Waals surface area contributed by atoms with Crippen molar-refractivity contribution >= 4 is 11.8 Å². The Kier molecular flexibility index (Phi) is 7.39. The highest BCUT2D eigenvalue weighted by Crippen LogP contribution is 2.33. The number of hydrogen-bond acceptors (Lipinski definition) is 4. The summed E-state index contributed by atoms with van der Waals surface area (Å²) in [5.74, 6) is 0.663. The van der Waals surface area contributed by atoms with Crippen molar-refractivity contribution in [2.45, 2.75) is 32.7 Å². The molecule has 0 spiro atoms. The lowest BCUT2D eigenvalue weighted by atomic mass is 10.0. The summed E-state index contributed by atoms with van der Waals surface area (Å²) in [5.41, 5.74) is 3.18. The molecular formula is C29H36FN3O3. The molecule has 0 aromatic heterocycles. The van der Waals surface area contributed by atoms with Gasteiger partial charge in [0.15, 0.2) is 0 Å². The van der Waals surface area contributed by atoms with Crippen LogP contribution in [0.3, 0.4) is 0 Å². The van der Waals surface area contributed by atoms with Crippen LogP contribution in [0.1, 0.15) is 45.9 Å². The number of carbonyl (C=O) groups is 2. The number of amides is 2. The first-order chi connectivity index (χ1) is 17.4. The molecule has 0 aliphatic carbocycles. The maximum Gasteiger partial charge on any atom is 0.254 e. The number of hydrogen-bond donors (Lipinski definition) is 1. The van der Waals surface area contributed by atoms with Crippen LogP contribution in [0.25, 0.3) is 0 Å². The Morgan fingerprint density at radius 1 is 1.06 bits per heavy atom. The molecule has 3 heterocycles. The van der Waals surface area contributed by atoms with Crippen molar-refractivity contribution in [3.63, 3.8) is 0 Å². The molecule has 3 aliphatic heterocycles. The van der Waals surface area contributed by atoms with Gasteiger partial charge in [-0.2, -0.15) is 0 Å². The van der Waals surface area contributed by atoms with Gasteiger partial charge in [0.1, 0.15) is 5.82 Å². The van der Waals surface area contributed by atoms with E-state index in [0.717, 1.165) is 51.1 Å². The van der Waals surface area contributed by atoms with Crippen molar-refractivity contribution in [3.8, 4) is 0 Å². The minimum absolute atomic E-state index is 0.0219. The molecule has 2 aromatic rings. The van der Waals surface area contributed by atoms with Gasteiger partial charge in [-0.3, -0.25) is 9.59 Å². The second-order valence-electron chi connectivity index (χ2n) is 10.7. The fourth-order valence-corrected chi connectivity index (χ4v) is 6.19. The van der Waals surface area contributed by atoms with Crippen LogP contribution < -0.4 is 5.32 Å². The van der Waals surface area contributed by atoms with Gasteiger partial charge in [0.2, 0.25) is 5.91 Å². The van der Waals surface area contributed by atoms with Crippen LogP contribution in [-0.4, -0.2) is 67.6 Å². The zero-order valence-corrected chi connectivity index (χ0v) is 21.2. The normalized spacial score (nSPS) is 24.6. The monoisotopic (exact) mass is 493 g/mol. The second kappa shape index (κ2) is 10.7. The number of nitrogens with one attached hydrogen (secondary N) is 1. The largest absolute Gasteiger partial charge is 0.381 e. The lowest BCUT2D eigenvalue weighted by Gasteiger charge is -2.26. The van der Waals surface area contributed by atoms with Gasteiger partial charge in [-0.25, -0.2) is 4.39 Å². The van der Waals surface area contributed by atoms with Gasteiger partial charge in [0.25, 0.3) is 5.91 Å². The van der Waals surface area contributed by atoms with Crippen LogP contribution >= 0.6 is 0 Å². The molecular weight excluding hydrogens is 457 g/mol. The van der Waals surface area contributed by atoms with Crippen molar-refractivity contribution in [1.29, 1.82) is 0 Å². The summed E-state index contributed by atoms with van der Waals surface area (Å²) in [7, 11) is 0. The van der Waals surface area contributed by atoms with Crippen LogP contribution in [0.4, 0.5) is 4.39 Å². The zero-order valence-electron chi connectivity index (χ0n) is 21.2. The van der Waals surface area contributed by atoms with E-state index in [1.165, 1.54) is 12.1 Å². The highest BCUT2D eigenvalue weighted by Gasteiger charge is 2.42. The van der Waals surface area contributed by atoms with Gasteiger partial charge in [0, 0.05) is 44.9 Å². The Labute approximate surface area is 212 Å². The number of rotatable bonds is 7. The van der Waals surface area contributed by atoms with Crippen LogP contribution in [0.15, 0.2) is 42.5 Å². The predicted molar refractivity (Wildman–Crippen MR) is 136 cm³/mol. The Morgan fingerprint density at radius 3 is 2.33 bits per heavy atom. The summed E-state index contributed by atoms with van der Waals surface area (Å²) in [6.07, 6.45) is 1.63. The number of fused-ring (bicyclic) bond motifs is 1. The molecule has 1 N–H and O–H groups in total. The summed E-state index contributed by atoms with van der Waals surface area (Å²) in [6, 6.07) is 13.1. The van der Waals surface area contributed by atoms with Crippen molar-refractivity contribution in [1.82, 2.24) is 15.1 Å². The van der Waals surface area contributed by atoms with E-state index < -0.39 is 0 Å². The smallest absolute Gasteiger partial charge is 0.254 e. The Bertz CT molecular complexity index is 1070. The third-order valence-electron chi connectivity index (χ3n) is 8.11. The van der Waals surface area contributed by atoms with Crippen LogP contribution in [0.5, 0.6) is 0 Å². The summed E-state index contributed by atoms with van der Waals surface area (Å²) in [4.78, 5) is 30.5. The number of carbonyl (C=O) groups excluding carboxylic acids is 2. The maximum atomic E-state index is 13.7. The molecule has 3 saturated heterocycles. The average molecular weight is 494 g/mol. The SMILES string of the molecule is Cc1cc(F)cc(C)c1C(=O)N1CC2CN(CC[C@H](NC(=O)C3CCOC3)c3ccccc3)CC2C1. The summed E-state index contributed by atoms with van der Waals surface area (Å²) >= 11 is 0. The molecule has 4 atom stereocenters. The minimum Gasteiger partial charge on any atom is -0.381 e. The van der Waals surface area contributed by atoms with Gasteiger partial charge in [0.05, 0.1) is 18.6 Å². The highest BCUT2D eigenvalue weighted by molar-refractivity contribution is 5.97. The molecule has 0 radical (unpaired) electrons. The van der Waals surface area contributed by atoms with Crippen molar-refractivity contribution in [3.05, 3.63) is 70.5 Å². The van der Waals surface area contributed by atoms with E-state index in [1.807, 2.05) is 36.9 Å². The van der Waals surface area contributed by atoms with E-state index >= 15 is 0 Å². The lowest BCUT2D eigenvalue weighted by molar-refractivity contribution is -0.125. The second-order valence-corrected chi connectivity index (χ2v) is 10.7. The van der Waals surface area contributed by atoms with E-state index in [2.05, 4.69) is 22.3 Å². The first kappa shape index (κ1) is 24.9. The first-order valence-corrected chi connectivity index (χ1v) is 13.1. The van der Waals surface area contributed by atoms with Crippen LogP contribution in [-0.2, 0) is 9.53 Å². The first-order valence-electron chi connectivity index (χ1n) is 13.1. The average Bonchev–Trinajstić information content (AvgIpc) is 3.58. The standard InChI is InChI=1S/C29H36FN3O3/c1-19-12-25(30)13-20(2)27(19)29(35)33-16-23-14-32(15-24(23)17-33)10-8-26(21-6-4-3-5-7-21)31-28(34)22-9-11-36-18-22/h3-7,12-13,22-24,26H,8-11,14-18H2,1-2H3,(H,31,34)/t22?,23?,24?,26-/m0/s1. The Balaban J connectivity index is 1.17. The topological polar surface area (TPSA) is 61.9 Å². The quantitative estimate of drug-likeness (QED) is 0.639. The Morgan fingerprint density at radius 2 is 1.72 bits per heavy atom. The third-order valence-corrected chi connectivity index (χ3v) is 8.11. The third kappa shape index (κ3) is 5.32. The molecule has 2 aromatic carbocycles. The van der Waals surface area contributed by atoms with Crippen molar-refractivity contribution in [2.24, 2.45) is 17.8 Å². The minimum atomic E-state index is -0.294. The molecule has 3 fully saturated rings. The number of nitrogens with zero attached hydrogens (tertiary/aromatic N) is 2. The van der Waals surface area contributed by atoms with Gasteiger partial charge in [-0.1, -0.05) is 30.3 Å². The molecule has 5 rings (SSSR count). The summed E-state index contributed by atoms with van der Waals surface area (Å²) < 4.78 is 19.1. The molecule has 192 valence electrons. The number of aryl methyl sites for hydroxylation is 2. The van der Waals surface area contributed by atoms with Crippen molar-refractivity contribution in [2.75, 3.05) is 45.9 Å². The molecule has 6 nitrogen and oxygen atoms in total. The number of halogens is 1. The number of ether oxygens (including phenoxy) is 1. The van der Waals surface area contributed by atoms with Gasteiger partial charge in [-0.15, -0.1) is 0 Å². The fourth-order valence-electron chi connectivity index (χ4n) is 6.19. The predicted octanol–water partition coefficient (Wildman–Crippen LogP) is 3.73. The van der Waals surface area contributed by atoms with E-state index in [4.69, 9.17) is 4.74 Å². The van der Waals surface area contributed by atoms with Gasteiger partial charge >= 0.3 is 0 Å². The molecule has 36 heavy (non-hydrogen) atoms. The Hall–Kier alpha value is -2.77. The highest BCUT2D eigenvalue weighted by atomic mass is 19.1.